The normalized spacial score (nSPS) is 11.0. The summed E-state index contributed by atoms with van der Waals surface area (Å²) >= 11 is 15.6. The summed E-state index contributed by atoms with van der Waals surface area (Å²) in [7, 11) is 0. The van der Waals surface area contributed by atoms with Crippen LogP contribution in [0.4, 0.5) is 10.1 Å². The number of benzene rings is 3. The third kappa shape index (κ3) is 4.70. The predicted molar refractivity (Wildman–Crippen MR) is 129 cm³/mol. The number of rotatable bonds is 5. The minimum atomic E-state index is -0.687. The molecule has 0 bridgehead atoms. The topological polar surface area (TPSA) is 80.1 Å². The number of ether oxygens (including phenoxy) is 1. The molecule has 0 aliphatic rings. The smallest absolute Gasteiger partial charge is 0.267 e. The number of hydrogen-bond donors (Lipinski definition) is 3. The van der Waals surface area contributed by atoms with Gasteiger partial charge in [-0.3, -0.25) is 4.79 Å². The minimum absolute atomic E-state index is 0.0616. The van der Waals surface area contributed by atoms with Gasteiger partial charge >= 0.3 is 0 Å². The number of carbonyl (C=O) groups excluding carboxylic acids is 1. The number of nitrogen functional groups attached to an aromatic ring is 1. The lowest BCUT2D eigenvalue weighted by Gasteiger charge is -2.13. The second-order valence-corrected chi connectivity index (χ2v) is 8.98. The number of aryl methyl sites for hydroxylation is 1. The van der Waals surface area contributed by atoms with Crippen molar-refractivity contribution in [3.8, 4) is 11.5 Å². The van der Waals surface area contributed by atoms with Gasteiger partial charge in [0.1, 0.15) is 11.4 Å². The summed E-state index contributed by atoms with van der Waals surface area (Å²) in [6.07, 6.45) is 0. The van der Waals surface area contributed by atoms with Gasteiger partial charge in [-0.2, -0.15) is 0 Å². The van der Waals surface area contributed by atoms with Gasteiger partial charge in [0.25, 0.3) is 5.91 Å². The van der Waals surface area contributed by atoms with E-state index in [1.807, 2.05) is 19.1 Å². The Balaban J connectivity index is 1.54. The Morgan fingerprint density at radius 3 is 2.72 bits per heavy atom. The van der Waals surface area contributed by atoms with Crippen molar-refractivity contribution in [3.63, 3.8) is 0 Å². The Bertz CT molecular complexity index is 1340. The van der Waals surface area contributed by atoms with E-state index < -0.39 is 5.82 Å². The zero-order chi connectivity index (χ0) is 23.0. The number of nitrogens with two attached hydrogens (primary N) is 1. The van der Waals surface area contributed by atoms with Crippen LogP contribution in [0.1, 0.15) is 21.6 Å². The number of fused-ring (bicyclic) bond motifs is 1. The van der Waals surface area contributed by atoms with Crippen molar-refractivity contribution in [1.82, 2.24) is 10.3 Å². The third-order valence-electron chi connectivity index (χ3n) is 4.82. The van der Waals surface area contributed by atoms with Crippen molar-refractivity contribution < 1.29 is 13.9 Å². The maximum absolute atomic E-state index is 15.1. The standard InChI is InChI=1S/C23H17BrCl2FN3O2/c1-11-4-14(24)5-13-6-19(30-21(11)13)23(31)29-10-12-2-3-18(26)22(20(12)27)32-17-8-15(25)7-16(28)9-17/h2-9,30H,10,28H2,1H3,(H,29,31). The van der Waals surface area contributed by atoms with Gasteiger partial charge in [0.2, 0.25) is 0 Å². The lowest BCUT2D eigenvalue weighted by atomic mass is 10.1. The van der Waals surface area contributed by atoms with Crippen LogP contribution >= 0.6 is 39.1 Å². The molecule has 0 radical (unpaired) electrons. The second kappa shape index (κ2) is 9.02. The Hall–Kier alpha value is -2.74. The van der Waals surface area contributed by atoms with Gasteiger partial charge in [-0.05, 0) is 48.9 Å². The summed E-state index contributed by atoms with van der Waals surface area (Å²) in [6, 6.07) is 13.2. The van der Waals surface area contributed by atoms with E-state index in [0.717, 1.165) is 20.9 Å². The maximum atomic E-state index is 15.1. The number of aromatic amines is 1. The molecule has 1 amide bonds. The van der Waals surface area contributed by atoms with Gasteiger partial charge in [-0.25, -0.2) is 4.39 Å². The van der Waals surface area contributed by atoms with Crippen LogP contribution in [0, 0.1) is 12.7 Å². The van der Waals surface area contributed by atoms with Crippen LogP contribution in [-0.4, -0.2) is 10.9 Å². The van der Waals surface area contributed by atoms with Crippen molar-refractivity contribution >= 4 is 61.6 Å². The lowest BCUT2D eigenvalue weighted by Crippen LogP contribution is -2.23. The van der Waals surface area contributed by atoms with E-state index in [1.54, 1.807) is 12.1 Å². The molecule has 0 aliphatic carbocycles. The van der Waals surface area contributed by atoms with Gasteiger partial charge in [-0.1, -0.05) is 45.2 Å². The molecule has 0 unspecified atom stereocenters. The molecule has 3 aromatic carbocycles. The molecule has 0 atom stereocenters. The van der Waals surface area contributed by atoms with Crippen LogP contribution < -0.4 is 15.8 Å². The molecule has 0 spiro atoms. The number of halogens is 4. The minimum Gasteiger partial charge on any atom is -0.453 e. The highest BCUT2D eigenvalue weighted by Gasteiger charge is 2.17. The van der Waals surface area contributed by atoms with E-state index in [9.17, 15) is 4.79 Å². The summed E-state index contributed by atoms with van der Waals surface area (Å²) < 4.78 is 21.6. The number of H-pyrrole nitrogens is 1. The molecular formula is C23H17BrCl2FN3O2. The van der Waals surface area contributed by atoms with Gasteiger partial charge in [0.05, 0.1) is 5.02 Å². The molecule has 164 valence electrons. The Labute approximate surface area is 201 Å². The average Bonchev–Trinajstić information content (AvgIpc) is 3.14. The van der Waals surface area contributed by atoms with E-state index in [0.29, 0.717) is 16.4 Å². The monoisotopic (exact) mass is 535 g/mol. The highest BCUT2D eigenvalue weighted by atomic mass is 79.9. The van der Waals surface area contributed by atoms with Gasteiger partial charge in [0, 0.05) is 44.3 Å². The van der Waals surface area contributed by atoms with Crippen LogP contribution in [0.25, 0.3) is 10.9 Å². The molecule has 0 saturated carbocycles. The van der Waals surface area contributed by atoms with Gasteiger partial charge in [-0.15, -0.1) is 0 Å². The highest BCUT2D eigenvalue weighted by molar-refractivity contribution is 9.10. The van der Waals surface area contributed by atoms with Crippen molar-refractivity contribution in [2.24, 2.45) is 0 Å². The first kappa shape index (κ1) is 22.5. The molecule has 0 aliphatic heterocycles. The van der Waals surface area contributed by atoms with E-state index in [4.69, 9.17) is 33.7 Å². The molecule has 1 aromatic heterocycles. The molecule has 0 saturated heterocycles. The van der Waals surface area contributed by atoms with Crippen molar-refractivity contribution in [2.75, 3.05) is 5.73 Å². The highest BCUT2D eigenvalue weighted by Crippen LogP contribution is 2.35. The maximum Gasteiger partial charge on any atom is 0.267 e. The number of hydrogen-bond acceptors (Lipinski definition) is 3. The molecular weight excluding hydrogens is 520 g/mol. The van der Waals surface area contributed by atoms with E-state index in [2.05, 4.69) is 26.2 Å². The van der Waals surface area contributed by atoms with Crippen molar-refractivity contribution in [3.05, 3.63) is 85.7 Å². The zero-order valence-electron chi connectivity index (χ0n) is 16.7. The van der Waals surface area contributed by atoms with E-state index >= 15 is 4.39 Å². The first-order valence-corrected chi connectivity index (χ1v) is 11.0. The Kier molecular flexibility index (Phi) is 6.33. The van der Waals surface area contributed by atoms with Crippen LogP contribution in [0.15, 0.2) is 53.0 Å². The molecule has 5 nitrogen and oxygen atoms in total. The number of nitrogens with one attached hydrogen (secondary N) is 2. The molecule has 32 heavy (non-hydrogen) atoms. The molecule has 1 heterocycles. The number of carbonyl (C=O) groups is 1. The Morgan fingerprint density at radius 1 is 1.19 bits per heavy atom. The first-order chi connectivity index (χ1) is 15.2. The third-order valence-corrected chi connectivity index (χ3v) is 5.79. The number of anilines is 1. The van der Waals surface area contributed by atoms with Gasteiger partial charge in [0.15, 0.2) is 11.6 Å². The molecule has 0 fully saturated rings. The van der Waals surface area contributed by atoms with E-state index in [-0.39, 0.29) is 34.5 Å². The predicted octanol–water partition coefficient (Wildman–Crippen LogP) is 6.99. The summed E-state index contributed by atoms with van der Waals surface area (Å²) in [6.45, 7) is 1.89. The summed E-state index contributed by atoms with van der Waals surface area (Å²) in [5, 5.41) is 4.04. The number of aromatic nitrogens is 1. The first-order valence-electron chi connectivity index (χ1n) is 9.49. The number of amides is 1. The summed E-state index contributed by atoms with van der Waals surface area (Å²) in [5.41, 5.74) is 8.58. The van der Waals surface area contributed by atoms with Crippen LogP contribution in [0.5, 0.6) is 11.5 Å². The van der Waals surface area contributed by atoms with Crippen LogP contribution in [0.2, 0.25) is 10.0 Å². The largest absolute Gasteiger partial charge is 0.453 e. The average molecular weight is 537 g/mol. The Morgan fingerprint density at radius 2 is 1.97 bits per heavy atom. The molecule has 4 aromatic rings. The summed E-state index contributed by atoms with van der Waals surface area (Å²) in [4.78, 5) is 15.8. The summed E-state index contributed by atoms with van der Waals surface area (Å²) in [5.74, 6) is -0.980. The lowest BCUT2D eigenvalue weighted by molar-refractivity contribution is 0.0946. The van der Waals surface area contributed by atoms with Crippen LogP contribution in [-0.2, 0) is 6.54 Å². The quantitative estimate of drug-likeness (QED) is 0.240. The zero-order valence-corrected chi connectivity index (χ0v) is 19.8. The fourth-order valence-corrected chi connectivity index (χ4v) is 4.35. The molecule has 9 heteroatoms. The van der Waals surface area contributed by atoms with Crippen molar-refractivity contribution in [2.45, 2.75) is 13.5 Å². The van der Waals surface area contributed by atoms with Gasteiger partial charge < -0.3 is 20.8 Å². The fourth-order valence-electron chi connectivity index (χ4n) is 3.34. The molecule has 4 N–H and O–H groups in total. The SMILES string of the molecule is Cc1cc(Br)cc2cc(C(=O)NCc3ccc(Cl)c(Oc4cc(N)cc(Cl)c4)c3F)[nH]c12. The second-order valence-electron chi connectivity index (χ2n) is 7.22. The fraction of sp³-hybridized carbons (Fsp3) is 0.0870. The van der Waals surface area contributed by atoms with Crippen LogP contribution in [0.3, 0.4) is 0 Å². The molecule has 4 rings (SSSR count). The van der Waals surface area contributed by atoms with E-state index in [1.165, 1.54) is 24.3 Å². The van der Waals surface area contributed by atoms with Crippen molar-refractivity contribution in [1.29, 1.82) is 0 Å².